The Morgan fingerprint density at radius 2 is 2.19 bits per heavy atom. The van der Waals surface area contributed by atoms with E-state index >= 15 is 0 Å². The van der Waals surface area contributed by atoms with E-state index in [-0.39, 0.29) is 0 Å². The molecule has 1 aliphatic rings. The third-order valence-electron chi connectivity index (χ3n) is 3.83. The van der Waals surface area contributed by atoms with Crippen molar-refractivity contribution in [1.29, 1.82) is 0 Å². The second kappa shape index (κ2) is 4.89. The normalized spacial score (nSPS) is 20.8. The zero-order chi connectivity index (χ0) is 11.6. The van der Waals surface area contributed by atoms with Crippen molar-refractivity contribution in [2.75, 3.05) is 6.54 Å². The van der Waals surface area contributed by atoms with E-state index in [2.05, 4.69) is 43.6 Å². The minimum absolute atomic E-state index is 0.539. The van der Waals surface area contributed by atoms with Gasteiger partial charge in [-0.1, -0.05) is 33.3 Å². The molecule has 0 saturated heterocycles. The second-order valence-electron chi connectivity index (χ2n) is 5.78. The summed E-state index contributed by atoms with van der Waals surface area (Å²) in [6, 6.07) is 4.95. The molecule has 1 N–H and O–H groups in total. The van der Waals surface area contributed by atoms with Crippen LogP contribution in [0.1, 0.15) is 51.0 Å². The summed E-state index contributed by atoms with van der Waals surface area (Å²) in [4.78, 5) is 1.48. The summed E-state index contributed by atoms with van der Waals surface area (Å²) in [5.74, 6) is 0.669. The fourth-order valence-electron chi connectivity index (χ4n) is 2.45. The Morgan fingerprint density at radius 1 is 1.44 bits per heavy atom. The van der Waals surface area contributed by atoms with Crippen molar-refractivity contribution >= 4 is 11.3 Å². The van der Waals surface area contributed by atoms with Crippen LogP contribution in [-0.2, 0) is 0 Å². The van der Waals surface area contributed by atoms with Gasteiger partial charge in [-0.2, -0.15) is 0 Å². The van der Waals surface area contributed by atoms with Crippen LogP contribution in [0.5, 0.6) is 0 Å². The molecule has 0 spiro atoms. The number of rotatable bonds is 5. The maximum Gasteiger partial charge on any atom is 0.0438 e. The van der Waals surface area contributed by atoms with E-state index in [1.54, 1.807) is 0 Å². The summed E-state index contributed by atoms with van der Waals surface area (Å²) < 4.78 is 0. The highest BCUT2D eigenvalue weighted by atomic mass is 32.1. The Kier molecular flexibility index (Phi) is 3.70. The van der Waals surface area contributed by atoms with Gasteiger partial charge in [-0.3, -0.25) is 0 Å². The molecule has 2 rings (SSSR count). The SMILES string of the molecule is CC(C)C(NCC1(C)CCC1)c1cccs1. The van der Waals surface area contributed by atoms with Crippen molar-refractivity contribution in [1.82, 2.24) is 5.32 Å². The van der Waals surface area contributed by atoms with Crippen LogP contribution in [0, 0.1) is 11.3 Å². The van der Waals surface area contributed by atoms with Crippen molar-refractivity contribution in [2.45, 2.75) is 46.1 Å². The molecule has 1 aromatic rings. The molecule has 1 atom stereocenters. The number of nitrogens with one attached hydrogen (secondary N) is 1. The monoisotopic (exact) mass is 237 g/mol. The van der Waals surface area contributed by atoms with Crippen LogP contribution in [0.4, 0.5) is 0 Å². The van der Waals surface area contributed by atoms with Crippen LogP contribution in [0.15, 0.2) is 17.5 Å². The zero-order valence-electron chi connectivity index (χ0n) is 10.6. The first-order valence-corrected chi connectivity index (χ1v) is 7.25. The van der Waals surface area contributed by atoms with E-state index in [1.165, 1.54) is 30.7 Å². The summed E-state index contributed by atoms with van der Waals surface area (Å²) in [7, 11) is 0. The molecule has 1 nitrogen and oxygen atoms in total. The smallest absolute Gasteiger partial charge is 0.0438 e. The zero-order valence-corrected chi connectivity index (χ0v) is 11.4. The van der Waals surface area contributed by atoms with Gasteiger partial charge in [0.2, 0.25) is 0 Å². The Hall–Kier alpha value is -0.340. The molecule has 0 amide bonds. The predicted molar refractivity (Wildman–Crippen MR) is 71.9 cm³/mol. The van der Waals surface area contributed by atoms with Gasteiger partial charge in [0.05, 0.1) is 0 Å². The molecular weight excluding hydrogens is 214 g/mol. The molecule has 90 valence electrons. The fourth-order valence-corrected chi connectivity index (χ4v) is 3.42. The molecule has 0 bridgehead atoms. The van der Waals surface area contributed by atoms with E-state index in [9.17, 15) is 0 Å². The lowest BCUT2D eigenvalue weighted by atomic mass is 9.70. The van der Waals surface area contributed by atoms with Crippen molar-refractivity contribution in [3.63, 3.8) is 0 Å². The summed E-state index contributed by atoms with van der Waals surface area (Å²) >= 11 is 1.87. The Balaban J connectivity index is 1.93. The van der Waals surface area contributed by atoms with Crippen LogP contribution in [0.3, 0.4) is 0 Å². The van der Waals surface area contributed by atoms with Gasteiger partial charge in [-0.25, -0.2) is 0 Å². The van der Waals surface area contributed by atoms with Crippen LogP contribution in [0.2, 0.25) is 0 Å². The van der Waals surface area contributed by atoms with Gasteiger partial charge in [0.15, 0.2) is 0 Å². The van der Waals surface area contributed by atoms with Crippen LogP contribution in [0.25, 0.3) is 0 Å². The summed E-state index contributed by atoms with van der Waals surface area (Å²) in [6.45, 7) is 8.20. The topological polar surface area (TPSA) is 12.0 Å². The van der Waals surface area contributed by atoms with Gasteiger partial charge in [-0.05, 0) is 35.6 Å². The minimum atomic E-state index is 0.539. The molecule has 1 unspecified atom stereocenters. The lowest BCUT2D eigenvalue weighted by molar-refractivity contribution is 0.146. The molecule has 0 aromatic carbocycles. The van der Waals surface area contributed by atoms with Crippen molar-refractivity contribution in [3.8, 4) is 0 Å². The quantitative estimate of drug-likeness (QED) is 0.808. The first-order chi connectivity index (χ1) is 7.61. The number of hydrogen-bond acceptors (Lipinski definition) is 2. The van der Waals surface area contributed by atoms with Crippen molar-refractivity contribution < 1.29 is 0 Å². The lowest BCUT2D eigenvalue weighted by Gasteiger charge is -2.40. The molecule has 2 heteroatoms. The fraction of sp³-hybridized carbons (Fsp3) is 0.714. The molecule has 1 saturated carbocycles. The Morgan fingerprint density at radius 3 is 2.62 bits per heavy atom. The maximum absolute atomic E-state index is 3.77. The summed E-state index contributed by atoms with van der Waals surface area (Å²) in [6.07, 6.45) is 4.22. The van der Waals surface area contributed by atoms with Gasteiger partial charge in [0.1, 0.15) is 0 Å². The van der Waals surface area contributed by atoms with Crippen molar-refractivity contribution in [2.24, 2.45) is 11.3 Å². The van der Waals surface area contributed by atoms with Crippen LogP contribution in [-0.4, -0.2) is 6.54 Å². The van der Waals surface area contributed by atoms with Gasteiger partial charge >= 0.3 is 0 Å². The largest absolute Gasteiger partial charge is 0.308 e. The molecular formula is C14H23NS. The van der Waals surface area contributed by atoms with Gasteiger partial charge in [0, 0.05) is 17.5 Å². The third kappa shape index (κ3) is 2.67. The van der Waals surface area contributed by atoms with E-state index in [1.807, 2.05) is 11.3 Å². The van der Waals surface area contributed by atoms with E-state index in [0.29, 0.717) is 17.4 Å². The summed E-state index contributed by atoms with van der Waals surface area (Å²) in [5.41, 5.74) is 0.574. The van der Waals surface area contributed by atoms with Crippen LogP contribution >= 0.6 is 11.3 Å². The Labute approximate surface area is 103 Å². The molecule has 1 fully saturated rings. The van der Waals surface area contributed by atoms with Crippen LogP contribution < -0.4 is 5.32 Å². The van der Waals surface area contributed by atoms with Gasteiger partial charge in [0.25, 0.3) is 0 Å². The summed E-state index contributed by atoms with van der Waals surface area (Å²) in [5, 5.41) is 5.95. The molecule has 1 aromatic heterocycles. The van der Waals surface area contributed by atoms with E-state index in [4.69, 9.17) is 0 Å². The lowest BCUT2D eigenvalue weighted by Crippen LogP contribution is -2.39. The molecule has 16 heavy (non-hydrogen) atoms. The standard InChI is InChI=1S/C14H23NS/c1-11(2)13(12-6-4-9-16-12)15-10-14(3)7-5-8-14/h4,6,9,11,13,15H,5,7-8,10H2,1-3H3. The average Bonchev–Trinajstić information content (AvgIpc) is 2.68. The maximum atomic E-state index is 3.77. The predicted octanol–water partition coefficient (Wildman–Crippen LogP) is 4.23. The van der Waals surface area contributed by atoms with Crippen molar-refractivity contribution in [3.05, 3.63) is 22.4 Å². The highest BCUT2D eigenvalue weighted by Gasteiger charge is 2.32. The van der Waals surface area contributed by atoms with Gasteiger partial charge in [-0.15, -0.1) is 11.3 Å². The molecule has 1 heterocycles. The second-order valence-corrected chi connectivity index (χ2v) is 6.76. The average molecular weight is 237 g/mol. The Bertz CT molecular complexity index is 311. The molecule has 0 radical (unpaired) electrons. The number of hydrogen-bond donors (Lipinski definition) is 1. The highest BCUT2D eigenvalue weighted by Crippen LogP contribution is 2.40. The minimum Gasteiger partial charge on any atom is -0.308 e. The van der Waals surface area contributed by atoms with E-state index < -0.39 is 0 Å². The highest BCUT2D eigenvalue weighted by molar-refractivity contribution is 7.10. The number of thiophene rings is 1. The van der Waals surface area contributed by atoms with Gasteiger partial charge < -0.3 is 5.32 Å². The third-order valence-corrected chi connectivity index (χ3v) is 4.78. The molecule has 1 aliphatic carbocycles. The molecule has 0 aliphatic heterocycles. The van der Waals surface area contributed by atoms with E-state index in [0.717, 1.165) is 0 Å². The first-order valence-electron chi connectivity index (χ1n) is 6.37. The first kappa shape index (κ1) is 12.1.